The normalized spacial score (nSPS) is 29.7. The quantitative estimate of drug-likeness (QED) is 0.683. The molecule has 1 unspecified atom stereocenters. The third-order valence-electron chi connectivity index (χ3n) is 4.65. The summed E-state index contributed by atoms with van der Waals surface area (Å²) in [6, 6.07) is 4.70. The van der Waals surface area contributed by atoms with Crippen LogP contribution in [0.3, 0.4) is 0 Å². The maximum Gasteiger partial charge on any atom is 1.00 e. The smallest absolute Gasteiger partial charge is 0.550 e. The minimum Gasteiger partial charge on any atom is -0.550 e. The van der Waals surface area contributed by atoms with Crippen molar-refractivity contribution >= 4 is 17.6 Å². The Balaban J connectivity index is 0.00000192. The molecule has 0 amide bonds. The first-order valence-corrected chi connectivity index (χ1v) is 7.87. The van der Waals surface area contributed by atoms with Gasteiger partial charge in [0, 0.05) is 41.7 Å². The monoisotopic (exact) mass is 349 g/mol. The number of carboxylic acids is 1. The fourth-order valence-electron chi connectivity index (χ4n) is 3.42. The zero-order valence-electron chi connectivity index (χ0n) is 13.1. The molecule has 1 aromatic rings. The summed E-state index contributed by atoms with van der Waals surface area (Å²) in [4.78, 5) is 10.8. The van der Waals surface area contributed by atoms with E-state index >= 15 is 0 Å². The molecule has 1 heterocycles. The van der Waals surface area contributed by atoms with E-state index in [0.717, 1.165) is 12.8 Å². The zero-order valence-corrected chi connectivity index (χ0v) is 15.9. The van der Waals surface area contributed by atoms with Crippen molar-refractivity contribution in [3.63, 3.8) is 0 Å². The van der Waals surface area contributed by atoms with E-state index in [-0.39, 0.29) is 47.0 Å². The number of carbonyl (C=O) groups excluding carboxylic acids is 1. The van der Waals surface area contributed by atoms with Crippen LogP contribution in [-0.2, 0) is 16.1 Å². The molecule has 1 spiro atoms. The van der Waals surface area contributed by atoms with Crippen LogP contribution < -0.4 is 40.0 Å². The van der Waals surface area contributed by atoms with Crippen LogP contribution in [0.2, 0.25) is 5.02 Å². The van der Waals surface area contributed by atoms with Gasteiger partial charge in [0.15, 0.2) is 0 Å². The summed E-state index contributed by atoms with van der Waals surface area (Å²) in [6.45, 7) is 0.993. The van der Waals surface area contributed by atoms with Gasteiger partial charge in [-0.3, -0.25) is 0 Å². The standard InChI is InChI=1S/C16H19ClFNO3.Na/c17-12-1-2-14(18)10(5-12)9-19-13-3-4-22-16(8-13)6-11(7-16)15(20)21;/h1-2,5,11,13,19H,3-4,6-9H2,(H,20,21);/q;+1/p-1. The molecule has 0 radical (unpaired) electrons. The van der Waals surface area contributed by atoms with E-state index < -0.39 is 11.9 Å². The minimum absolute atomic E-state index is 0. The van der Waals surface area contributed by atoms with E-state index in [1.165, 1.54) is 12.1 Å². The third kappa shape index (κ3) is 4.47. The Morgan fingerprint density at radius 1 is 1.43 bits per heavy atom. The van der Waals surface area contributed by atoms with Gasteiger partial charge in [0.1, 0.15) is 5.82 Å². The van der Waals surface area contributed by atoms with E-state index in [0.29, 0.717) is 36.6 Å². The number of carbonyl (C=O) groups is 1. The zero-order chi connectivity index (χ0) is 15.7. The van der Waals surface area contributed by atoms with Crippen LogP contribution in [0.25, 0.3) is 0 Å². The number of nitrogens with one attached hydrogen (secondary N) is 1. The average molecular weight is 350 g/mol. The molecule has 1 aliphatic carbocycles. The number of aliphatic carboxylic acids is 1. The number of rotatable bonds is 4. The van der Waals surface area contributed by atoms with Gasteiger partial charge in [0.2, 0.25) is 0 Å². The largest absolute Gasteiger partial charge is 1.00 e. The molecular weight excluding hydrogens is 332 g/mol. The van der Waals surface area contributed by atoms with Crippen LogP contribution in [0.1, 0.15) is 31.2 Å². The van der Waals surface area contributed by atoms with Crippen LogP contribution in [0.5, 0.6) is 0 Å². The van der Waals surface area contributed by atoms with Crippen molar-refractivity contribution in [2.45, 2.75) is 43.9 Å². The Kier molecular flexibility index (Phi) is 6.50. The number of halogens is 2. The molecule has 1 N–H and O–H groups in total. The second kappa shape index (κ2) is 7.81. The molecule has 3 rings (SSSR count). The second-order valence-corrected chi connectivity index (χ2v) is 6.70. The molecule has 1 saturated carbocycles. The van der Waals surface area contributed by atoms with Crippen molar-refractivity contribution < 1.29 is 48.6 Å². The summed E-state index contributed by atoms with van der Waals surface area (Å²) >= 11 is 5.88. The van der Waals surface area contributed by atoms with Gasteiger partial charge in [-0.25, -0.2) is 4.39 Å². The second-order valence-electron chi connectivity index (χ2n) is 6.26. The van der Waals surface area contributed by atoms with E-state index in [4.69, 9.17) is 16.3 Å². The molecule has 1 saturated heterocycles. The number of ether oxygens (including phenoxy) is 1. The van der Waals surface area contributed by atoms with Gasteiger partial charge in [-0.2, -0.15) is 0 Å². The van der Waals surface area contributed by atoms with Crippen LogP contribution in [0, 0.1) is 11.7 Å². The average Bonchev–Trinajstić information content (AvgIpc) is 2.45. The first-order chi connectivity index (χ1) is 10.5. The summed E-state index contributed by atoms with van der Waals surface area (Å²) < 4.78 is 19.5. The Morgan fingerprint density at radius 2 is 2.17 bits per heavy atom. The van der Waals surface area contributed by atoms with Crippen molar-refractivity contribution in [1.82, 2.24) is 5.32 Å². The van der Waals surface area contributed by atoms with E-state index in [9.17, 15) is 14.3 Å². The molecule has 4 nitrogen and oxygen atoms in total. The molecule has 1 aliphatic heterocycles. The Bertz CT molecular complexity index is 580. The Labute approximate surface area is 162 Å². The third-order valence-corrected chi connectivity index (χ3v) is 4.89. The molecule has 120 valence electrons. The minimum atomic E-state index is -0.995. The summed E-state index contributed by atoms with van der Waals surface area (Å²) in [6.07, 6.45) is 2.61. The van der Waals surface area contributed by atoms with E-state index in [2.05, 4.69) is 5.32 Å². The van der Waals surface area contributed by atoms with Gasteiger partial charge in [0.05, 0.1) is 5.60 Å². The molecular formula is C16H18ClFNNaO3. The Morgan fingerprint density at radius 3 is 2.87 bits per heavy atom. The van der Waals surface area contributed by atoms with Crippen molar-refractivity contribution in [3.8, 4) is 0 Å². The summed E-state index contributed by atoms with van der Waals surface area (Å²) in [7, 11) is 0. The maximum atomic E-state index is 13.7. The molecule has 2 fully saturated rings. The molecule has 7 heteroatoms. The molecule has 0 bridgehead atoms. The number of hydrogen-bond acceptors (Lipinski definition) is 4. The van der Waals surface area contributed by atoms with Crippen LogP contribution in [0.4, 0.5) is 4.39 Å². The van der Waals surface area contributed by atoms with Crippen molar-refractivity contribution in [3.05, 3.63) is 34.6 Å². The number of hydrogen-bond donors (Lipinski definition) is 1. The first kappa shape index (κ1) is 19.2. The molecule has 2 aliphatic rings. The van der Waals surface area contributed by atoms with Gasteiger partial charge in [-0.1, -0.05) is 11.6 Å². The van der Waals surface area contributed by atoms with Crippen LogP contribution >= 0.6 is 11.6 Å². The van der Waals surface area contributed by atoms with E-state index in [1.54, 1.807) is 6.07 Å². The van der Waals surface area contributed by atoms with Crippen molar-refractivity contribution in [2.75, 3.05) is 6.61 Å². The predicted molar refractivity (Wildman–Crippen MR) is 77.7 cm³/mol. The van der Waals surface area contributed by atoms with Gasteiger partial charge < -0.3 is 20.0 Å². The van der Waals surface area contributed by atoms with E-state index in [1.807, 2.05) is 0 Å². The SMILES string of the molecule is O=C([O-])C1CC2(CC(NCc3cc(Cl)ccc3F)CCO2)C1.[Na+]. The van der Waals surface area contributed by atoms with Gasteiger partial charge >= 0.3 is 29.6 Å². The van der Waals surface area contributed by atoms with Gasteiger partial charge in [-0.05, 0) is 43.9 Å². The fraction of sp³-hybridized carbons (Fsp3) is 0.562. The predicted octanol–water partition coefficient (Wildman–Crippen LogP) is -1.35. The molecule has 1 atom stereocenters. The molecule has 1 aromatic carbocycles. The van der Waals surface area contributed by atoms with Crippen LogP contribution in [-0.4, -0.2) is 24.2 Å². The van der Waals surface area contributed by atoms with Crippen molar-refractivity contribution in [1.29, 1.82) is 0 Å². The Hall–Kier alpha value is -0.170. The summed E-state index contributed by atoms with van der Waals surface area (Å²) in [5, 5.41) is 14.7. The molecule has 23 heavy (non-hydrogen) atoms. The first-order valence-electron chi connectivity index (χ1n) is 7.50. The number of benzene rings is 1. The topological polar surface area (TPSA) is 61.4 Å². The molecule has 0 aromatic heterocycles. The van der Waals surface area contributed by atoms with Gasteiger partial charge in [-0.15, -0.1) is 0 Å². The maximum absolute atomic E-state index is 13.7. The van der Waals surface area contributed by atoms with Crippen molar-refractivity contribution in [2.24, 2.45) is 5.92 Å². The summed E-state index contributed by atoms with van der Waals surface area (Å²) in [5.74, 6) is -1.67. The fourth-order valence-corrected chi connectivity index (χ4v) is 3.62. The van der Waals surface area contributed by atoms with Gasteiger partial charge in [0.25, 0.3) is 0 Å². The number of carboxylic acid groups (broad SMARTS) is 1. The van der Waals surface area contributed by atoms with Crippen LogP contribution in [0.15, 0.2) is 18.2 Å². The summed E-state index contributed by atoms with van der Waals surface area (Å²) in [5.41, 5.74) is 0.197.